The fraction of sp³-hybridized carbons (Fsp3) is 0.174. The van der Waals surface area contributed by atoms with Crippen LogP contribution in [0.3, 0.4) is 0 Å². The van der Waals surface area contributed by atoms with Crippen molar-refractivity contribution in [3.05, 3.63) is 82.6 Å². The number of ether oxygens (including phenoxy) is 1. The number of aliphatic hydroxyl groups is 1. The van der Waals surface area contributed by atoms with Crippen molar-refractivity contribution >= 4 is 23.3 Å². The van der Waals surface area contributed by atoms with Crippen LogP contribution in [0.25, 0.3) is 5.76 Å². The smallest absolute Gasteiger partial charge is 0.301 e. The highest BCUT2D eigenvalue weighted by molar-refractivity contribution is 6.51. The first-order valence-electron chi connectivity index (χ1n) is 9.36. The maximum atomic E-state index is 13.0. The van der Waals surface area contributed by atoms with E-state index in [9.17, 15) is 14.7 Å². The second kappa shape index (κ2) is 7.51. The predicted molar refractivity (Wildman–Crippen MR) is 110 cm³/mol. The summed E-state index contributed by atoms with van der Waals surface area (Å²) in [6.45, 7) is 3.62. The quantitative estimate of drug-likeness (QED) is 0.402. The van der Waals surface area contributed by atoms with Crippen LogP contribution in [-0.2, 0) is 9.59 Å². The number of methoxy groups -OCH3 is 1. The molecule has 1 aromatic heterocycles. The Bertz CT molecular complexity index is 1140. The molecule has 30 heavy (non-hydrogen) atoms. The molecule has 2 aromatic carbocycles. The maximum absolute atomic E-state index is 13.0. The number of Topliss-reactive ketones (excluding diaryl/α,β-unsaturated/α-hetero) is 1. The molecule has 0 unspecified atom stereocenters. The molecule has 2 heterocycles. The van der Waals surface area contributed by atoms with Crippen molar-refractivity contribution in [2.75, 3.05) is 12.0 Å². The number of hydrogen-bond acceptors (Lipinski definition) is 6. The van der Waals surface area contributed by atoms with E-state index in [1.54, 1.807) is 56.5 Å². The van der Waals surface area contributed by atoms with Gasteiger partial charge in [0.2, 0.25) is 0 Å². The fourth-order valence-electron chi connectivity index (χ4n) is 3.50. The van der Waals surface area contributed by atoms with Crippen molar-refractivity contribution in [3.63, 3.8) is 0 Å². The number of amides is 1. The Hall–Kier alpha value is -3.87. The minimum atomic E-state index is -0.860. The van der Waals surface area contributed by atoms with E-state index in [2.05, 4.69) is 5.16 Å². The van der Waals surface area contributed by atoms with Crippen molar-refractivity contribution in [3.8, 4) is 5.75 Å². The topological polar surface area (TPSA) is 92.9 Å². The number of hydrogen-bond donors (Lipinski definition) is 1. The third-order valence-corrected chi connectivity index (χ3v) is 5.06. The Kier molecular flexibility index (Phi) is 4.87. The molecule has 0 radical (unpaired) electrons. The molecule has 0 bridgehead atoms. The summed E-state index contributed by atoms with van der Waals surface area (Å²) in [6, 6.07) is 14.8. The van der Waals surface area contributed by atoms with E-state index in [-0.39, 0.29) is 17.2 Å². The molecule has 1 aliphatic heterocycles. The first kappa shape index (κ1) is 19.4. The summed E-state index contributed by atoms with van der Waals surface area (Å²) in [5, 5.41) is 14.9. The van der Waals surface area contributed by atoms with Gasteiger partial charge in [0.1, 0.15) is 17.3 Å². The molecule has 7 heteroatoms. The first-order valence-corrected chi connectivity index (χ1v) is 9.36. The van der Waals surface area contributed by atoms with Crippen molar-refractivity contribution in [2.45, 2.75) is 19.9 Å². The molecule has 4 rings (SSSR count). The zero-order valence-electron chi connectivity index (χ0n) is 16.7. The standard InChI is InChI=1S/C23H20N2O5/c1-13-4-6-16(7-5-13)21(26)19-20(15-8-10-17(29-3)11-9-15)25(23(28)22(19)27)18-12-14(2)30-24-18/h4-12,20,26H,1-3H3/b21-19+/t20-/m0/s1. The van der Waals surface area contributed by atoms with Crippen LogP contribution in [0.15, 0.2) is 64.7 Å². The number of nitrogens with zero attached hydrogens (tertiary/aromatic N) is 2. The fourth-order valence-corrected chi connectivity index (χ4v) is 3.50. The number of aromatic nitrogens is 1. The molecular weight excluding hydrogens is 384 g/mol. The largest absolute Gasteiger partial charge is 0.507 e. The van der Waals surface area contributed by atoms with Gasteiger partial charge < -0.3 is 14.4 Å². The Morgan fingerprint density at radius 2 is 1.73 bits per heavy atom. The SMILES string of the molecule is COc1ccc([C@H]2/C(=C(\O)c3ccc(C)cc3)C(=O)C(=O)N2c2cc(C)on2)cc1. The van der Waals surface area contributed by atoms with E-state index < -0.39 is 17.7 Å². The Balaban J connectivity index is 1.92. The van der Waals surface area contributed by atoms with Gasteiger partial charge in [0.05, 0.1) is 18.7 Å². The zero-order valence-corrected chi connectivity index (χ0v) is 16.7. The number of carbonyl (C=O) groups excluding carboxylic acids is 2. The van der Waals surface area contributed by atoms with Gasteiger partial charge in [-0.2, -0.15) is 0 Å². The highest BCUT2D eigenvalue weighted by Crippen LogP contribution is 2.42. The summed E-state index contributed by atoms with van der Waals surface area (Å²) < 4.78 is 10.3. The van der Waals surface area contributed by atoms with E-state index in [0.717, 1.165) is 5.56 Å². The number of aryl methyl sites for hydroxylation is 2. The molecule has 1 atom stereocenters. The molecule has 7 nitrogen and oxygen atoms in total. The molecule has 1 saturated heterocycles. The second-order valence-corrected chi connectivity index (χ2v) is 7.10. The van der Waals surface area contributed by atoms with Gasteiger partial charge >= 0.3 is 5.91 Å². The van der Waals surface area contributed by atoms with Crippen molar-refractivity contribution in [1.29, 1.82) is 0 Å². The third kappa shape index (κ3) is 3.24. The third-order valence-electron chi connectivity index (χ3n) is 5.06. The second-order valence-electron chi connectivity index (χ2n) is 7.10. The highest BCUT2D eigenvalue weighted by atomic mass is 16.5. The van der Waals surface area contributed by atoms with Crippen LogP contribution in [0.4, 0.5) is 5.82 Å². The molecule has 1 fully saturated rings. The van der Waals surface area contributed by atoms with Crippen molar-refractivity contribution < 1.29 is 24.0 Å². The van der Waals surface area contributed by atoms with E-state index in [0.29, 0.717) is 22.6 Å². The van der Waals surface area contributed by atoms with Crippen molar-refractivity contribution in [1.82, 2.24) is 5.16 Å². The Morgan fingerprint density at radius 3 is 2.30 bits per heavy atom. The summed E-state index contributed by atoms with van der Waals surface area (Å²) >= 11 is 0. The minimum absolute atomic E-state index is 0.00493. The lowest BCUT2D eigenvalue weighted by Crippen LogP contribution is -2.29. The van der Waals surface area contributed by atoms with Crippen LogP contribution in [-0.4, -0.2) is 29.1 Å². The van der Waals surface area contributed by atoms with Gasteiger partial charge in [-0.3, -0.25) is 14.5 Å². The zero-order chi connectivity index (χ0) is 21.4. The minimum Gasteiger partial charge on any atom is -0.507 e. The summed E-state index contributed by atoms with van der Waals surface area (Å²) in [4.78, 5) is 27.2. The molecule has 0 spiro atoms. The van der Waals surface area contributed by atoms with Gasteiger partial charge in [-0.15, -0.1) is 0 Å². The number of aliphatic hydroxyl groups excluding tert-OH is 1. The molecule has 0 saturated carbocycles. The maximum Gasteiger partial charge on any atom is 0.301 e. The van der Waals surface area contributed by atoms with E-state index in [1.807, 2.05) is 19.1 Å². The molecular formula is C23H20N2O5. The van der Waals surface area contributed by atoms with Gasteiger partial charge in [-0.05, 0) is 31.5 Å². The van der Waals surface area contributed by atoms with Crippen LogP contribution in [0.1, 0.15) is 28.5 Å². The summed E-state index contributed by atoms with van der Waals surface area (Å²) in [5.74, 6) is -0.465. The van der Waals surface area contributed by atoms with E-state index in [1.165, 1.54) is 4.90 Å². The number of rotatable bonds is 4. The number of benzene rings is 2. The van der Waals surface area contributed by atoms with Crippen LogP contribution in [0.2, 0.25) is 0 Å². The van der Waals surface area contributed by atoms with Gasteiger partial charge in [-0.1, -0.05) is 47.1 Å². The molecule has 0 aliphatic carbocycles. The first-order chi connectivity index (χ1) is 14.4. The van der Waals surface area contributed by atoms with E-state index >= 15 is 0 Å². The monoisotopic (exact) mass is 404 g/mol. The number of anilines is 1. The normalized spacial score (nSPS) is 18.1. The van der Waals surface area contributed by atoms with Crippen LogP contribution >= 0.6 is 0 Å². The van der Waals surface area contributed by atoms with Gasteiger partial charge in [-0.25, -0.2) is 0 Å². The molecule has 1 N–H and O–H groups in total. The molecule has 1 aliphatic rings. The van der Waals surface area contributed by atoms with Gasteiger partial charge in [0, 0.05) is 11.6 Å². The summed E-state index contributed by atoms with van der Waals surface area (Å²) in [5.41, 5.74) is 2.09. The number of carbonyl (C=O) groups is 2. The lowest BCUT2D eigenvalue weighted by molar-refractivity contribution is -0.132. The molecule has 1 amide bonds. The summed E-state index contributed by atoms with van der Waals surface area (Å²) in [7, 11) is 1.55. The van der Waals surface area contributed by atoms with E-state index in [4.69, 9.17) is 9.26 Å². The molecule has 3 aromatic rings. The average molecular weight is 404 g/mol. The molecule has 152 valence electrons. The Morgan fingerprint density at radius 1 is 1.07 bits per heavy atom. The van der Waals surface area contributed by atoms with Gasteiger partial charge in [0.15, 0.2) is 5.82 Å². The number of ketones is 1. The highest BCUT2D eigenvalue weighted by Gasteiger charge is 2.48. The average Bonchev–Trinajstić information content (AvgIpc) is 3.29. The van der Waals surface area contributed by atoms with Crippen LogP contribution < -0.4 is 9.64 Å². The van der Waals surface area contributed by atoms with Crippen LogP contribution in [0.5, 0.6) is 5.75 Å². The van der Waals surface area contributed by atoms with Crippen molar-refractivity contribution in [2.24, 2.45) is 0 Å². The lowest BCUT2D eigenvalue weighted by Gasteiger charge is -2.23. The Labute approximate surface area is 173 Å². The van der Waals surface area contributed by atoms with Gasteiger partial charge in [0.25, 0.3) is 5.78 Å². The lowest BCUT2D eigenvalue weighted by atomic mass is 9.95. The summed E-state index contributed by atoms with van der Waals surface area (Å²) in [6.07, 6.45) is 0. The predicted octanol–water partition coefficient (Wildman–Crippen LogP) is 3.93. The van der Waals surface area contributed by atoms with Crippen LogP contribution in [0, 0.1) is 13.8 Å².